The van der Waals surface area contributed by atoms with Gasteiger partial charge in [0.25, 0.3) is 0 Å². The van der Waals surface area contributed by atoms with Crippen LogP contribution in [0.5, 0.6) is 0 Å². The maximum Gasteiger partial charge on any atom is 0.143 e. The van der Waals surface area contributed by atoms with Gasteiger partial charge in [0.2, 0.25) is 0 Å². The number of hydrogen-bond acceptors (Lipinski definition) is 1. The molecule has 1 heteroatoms. The van der Waals surface area contributed by atoms with E-state index < -0.39 is 0 Å². The van der Waals surface area contributed by atoms with Crippen LogP contribution in [0.4, 0.5) is 0 Å². The Kier molecular flexibility index (Phi) is 6.02. The van der Waals surface area contributed by atoms with Crippen molar-refractivity contribution in [2.75, 3.05) is 0 Å². The number of hydrogen-bond donors (Lipinski definition) is 0. The molecule has 10 aromatic carbocycles. The highest BCUT2D eigenvalue weighted by Gasteiger charge is 2.19. The predicted molar refractivity (Wildman–Crippen MR) is 218 cm³/mol. The largest absolute Gasteiger partial charge is 0.455 e. The van der Waals surface area contributed by atoms with Gasteiger partial charge in [0.05, 0.1) is 0 Å². The smallest absolute Gasteiger partial charge is 0.143 e. The van der Waals surface area contributed by atoms with E-state index in [1.165, 1.54) is 81.9 Å². The van der Waals surface area contributed by atoms with Gasteiger partial charge in [-0.2, -0.15) is 0 Å². The molecular formula is C50H30O. The molecule has 0 unspecified atom stereocenters. The summed E-state index contributed by atoms with van der Waals surface area (Å²) in [6, 6.07) is 66.3. The molecule has 1 heterocycles. The summed E-state index contributed by atoms with van der Waals surface area (Å²) in [5, 5.41) is 14.6. The lowest BCUT2D eigenvalue weighted by Crippen LogP contribution is -1.92. The fraction of sp³-hybridized carbons (Fsp3) is 0. The van der Waals surface area contributed by atoms with Gasteiger partial charge in [0.1, 0.15) is 11.2 Å². The molecule has 0 saturated carbocycles. The third-order valence-electron chi connectivity index (χ3n) is 10.8. The second-order valence-electron chi connectivity index (χ2n) is 13.6. The molecule has 0 radical (unpaired) electrons. The number of benzene rings is 10. The van der Waals surface area contributed by atoms with Crippen molar-refractivity contribution in [2.45, 2.75) is 0 Å². The number of fused-ring (bicyclic) bond motifs is 9. The van der Waals surface area contributed by atoms with Crippen LogP contribution in [-0.2, 0) is 0 Å². The Morgan fingerprint density at radius 3 is 1.57 bits per heavy atom. The number of rotatable bonds is 3. The van der Waals surface area contributed by atoms with E-state index in [1.807, 2.05) is 0 Å². The molecule has 0 atom stereocenters. The zero-order valence-electron chi connectivity index (χ0n) is 27.7. The third-order valence-corrected chi connectivity index (χ3v) is 10.8. The van der Waals surface area contributed by atoms with Crippen molar-refractivity contribution in [1.82, 2.24) is 0 Å². The Morgan fingerprint density at radius 2 is 0.824 bits per heavy atom. The van der Waals surface area contributed by atoms with Gasteiger partial charge in [-0.05, 0) is 106 Å². The fourth-order valence-corrected chi connectivity index (χ4v) is 8.54. The normalized spacial score (nSPS) is 11.9. The van der Waals surface area contributed by atoms with Gasteiger partial charge in [0.15, 0.2) is 0 Å². The van der Waals surface area contributed by atoms with Crippen molar-refractivity contribution < 1.29 is 4.42 Å². The van der Waals surface area contributed by atoms with Crippen LogP contribution >= 0.6 is 0 Å². The highest BCUT2D eigenvalue weighted by atomic mass is 16.3. The molecule has 11 aromatic rings. The molecule has 0 saturated heterocycles. The summed E-state index contributed by atoms with van der Waals surface area (Å²) in [7, 11) is 0. The van der Waals surface area contributed by atoms with Crippen LogP contribution in [0.3, 0.4) is 0 Å². The Morgan fingerprint density at radius 1 is 0.275 bits per heavy atom. The first-order chi connectivity index (χ1) is 25.3. The maximum absolute atomic E-state index is 6.63. The van der Waals surface area contributed by atoms with Crippen LogP contribution in [-0.4, -0.2) is 0 Å². The summed E-state index contributed by atoms with van der Waals surface area (Å²) < 4.78 is 6.63. The molecule has 1 aromatic heterocycles. The van der Waals surface area contributed by atoms with Crippen molar-refractivity contribution in [3.8, 4) is 33.4 Å². The molecule has 236 valence electrons. The molecule has 1 nitrogen and oxygen atoms in total. The van der Waals surface area contributed by atoms with Crippen molar-refractivity contribution >= 4 is 75.8 Å². The Balaban J connectivity index is 1.14. The molecule has 0 spiro atoms. The number of furan rings is 1. The van der Waals surface area contributed by atoms with Crippen molar-refractivity contribution in [3.05, 3.63) is 182 Å². The molecule has 0 bridgehead atoms. The lowest BCUT2D eigenvalue weighted by atomic mass is 9.84. The van der Waals surface area contributed by atoms with Crippen LogP contribution in [0.25, 0.3) is 109 Å². The zero-order valence-corrected chi connectivity index (χ0v) is 27.7. The minimum atomic E-state index is 0.915. The van der Waals surface area contributed by atoms with E-state index in [2.05, 4.69) is 182 Å². The summed E-state index contributed by atoms with van der Waals surface area (Å²) in [6.07, 6.45) is 0. The van der Waals surface area contributed by atoms with Crippen molar-refractivity contribution in [2.24, 2.45) is 0 Å². The van der Waals surface area contributed by atoms with Crippen LogP contribution in [0, 0.1) is 0 Å². The molecule has 51 heavy (non-hydrogen) atoms. The van der Waals surface area contributed by atoms with Gasteiger partial charge < -0.3 is 4.42 Å². The van der Waals surface area contributed by atoms with E-state index in [0.29, 0.717) is 0 Å². The SMILES string of the molecule is c1cc(-c2cccc3cc4c(cc23)oc2c3ccccc3ccc42)cc(-c2c3ccccc3c(-c3cccc4ccccc34)c3ccccc23)c1. The van der Waals surface area contributed by atoms with Gasteiger partial charge in [0, 0.05) is 16.2 Å². The van der Waals surface area contributed by atoms with E-state index in [-0.39, 0.29) is 0 Å². The molecule has 0 aliphatic rings. The first-order valence-corrected chi connectivity index (χ1v) is 17.6. The van der Waals surface area contributed by atoms with E-state index in [1.54, 1.807) is 0 Å². The second-order valence-corrected chi connectivity index (χ2v) is 13.6. The lowest BCUT2D eigenvalue weighted by molar-refractivity contribution is 0.673. The Bertz CT molecular complexity index is 3130. The van der Waals surface area contributed by atoms with Crippen LogP contribution in [0.15, 0.2) is 186 Å². The highest BCUT2D eigenvalue weighted by molar-refractivity contribution is 6.24. The Hall–Kier alpha value is -6.70. The molecule has 0 amide bonds. The van der Waals surface area contributed by atoms with Crippen molar-refractivity contribution in [1.29, 1.82) is 0 Å². The summed E-state index contributed by atoms with van der Waals surface area (Å²) >= 11 is 0. The lowest BCUT2D eigenvalue weighted by Gasteiger charge is -2.19. The zero-order chi connectivity index (χ0) is 33.5. The van der Waals surface area contributed by atoms with Gasteiger partial charge in [-0.25, -0.2) is 0 Å². The van der Waals surface area contributed by atoms with Gasteiger partial charge in [-0.3, -0.25) is 0 Å². The summed E-state index contributed by atoms with van der Waals surface area (Å²) in [6.45, 7) is 0. The van der Waals surface area contributed by atoms with Crippen LogP contribution < -0.4 is 0 Å². The van der Waals surface area contributed by atoms with E-state index in [9.17, 15) is 0 Å². The minimum Gasteiger partial charge on any atom is -0.455 e. The first-order valence-electron chi connectivity index (χ1n) is 17.6. The second kappa shape index (κ2) is 10.9. The third kappa shape index (κ3) is 4.22. The topological polar surface area (TPSA) is 13.1 Å². The quantitative estimate of drug-likeness (QED) is 0.174. The van der Waals surface area contributed by atoms with E-state index >= 15 is 0 Å². The molecular weight excluding hydrogens is 617 g/mol. The van der Waals surface area contributed by atoms with Gasteiger partial charge >= 0.3 is 0 Å². The van der Waals surface area contributed by atoms with Crippen molar-refractivity contribution in [3.63, 3.8) is 0 Å². The first kappa shape index (κ1) is 28.2. The summed E-state index contributed by atoms with van der Waals surface area (Å²) in [5.74, 6) is 0. The molecule has 0 aliphatic carbocycles. The maximum atomic E-state index is 6.63. The van der Waals surface area contributed by atoms with Gasteiger partial charge in [-0.1, -0.05) is 158 Å². The van der Waals surface area contributed by atoms with E-state index in [4.69, 9.17) is 4.42 Å². The highest BCUT2D eigenvalue weighted by Crippen LogP contribution is 2.46. The van der Waals surface area contributed by atoms with Crippen LogP contribution in [0.1, 0.15) is 0 Å². The van der Waals surface area contributed by atoms with E-state index in [0.717, 1.165) is 27.3 Å². The summed E-state index contributed by atoms with van der Waals surface area (Å²) in [5.41, 5.74) is 9.27. The monoisotopic (exact) mass is 646 g/mol. The van der Waals surface area contributed by atoms with Gasteiger partial charge in [-0.15, -0.1) is 0 Å². The average molecular weight is 647 g/mol. The average Bonchev–Trinajstić information content (AvgIpc) is 3.56. The molecule has 0 fully saturated rings. The standard InChI is InChI=1S/C50H30O/c1-3-18-36-31(12-1)14-10-25-39(36)49-42-22-7-5-20-40(42)48(41-21-6-8-23-43(41)49)35-17-9-15-33(28-35)37-24-11-16-34-29-46-44-27-26-32-13-2-4-19-38(32)50(44)51-47(46)30-45(34)37/h1-30H. The molecule has 11 rings (SSSR count). The molecule has 0 N–H and O–H groups in total. The molecule has 0 aliphatic heterocycles. The fourth-order valence-electron chi connectivity index (χ4n) is 8.54. The summed E-state index contributed by atoms with van der Waals surface area (Å²) in [4.78, 5) is 0. The predicted octanol–water partition coefficient (Wildman–Crippen LogP) is 14.4. The minimum absolute atomic E-state index is 0.915. The Labute approximate surface area is 294 Å². The van der Waals surface area contributed by atoms with Crippen LogP contribution in [0.2, 0.25) is 0 Å².